The van der Waals surface area contributed by atoms with Crippen LogP contribution in [0.4, 0.5) is 5.69 Å². The molecule has 1 amide bonds. The molecule has 1 aliphatic rings. The first-order chi connectivity index (χ1) is 8.06. The number of nitrogens with two attached hydrogens (primary N) is 1. The minimum atomic E-state index is 0.0364. The lowest BCUT2D eigenvalue weighted by Crippen LogP contribution is -2.57. The molecule has 1 fully saturated rings. The number of hydrogen-bond acceptors (Lipinski definition) is 3. The van der Waals surface area contributed by atoms with Gasteiger partial charge in [0.15, 0.2) is 0 Å². The summed E-state index contributed by atoms with van der Waals surface area (Å²) in [6.45, 7) is 6.08. The number of amides is 1. The predicted octanol–water partition coefficient (Wildman–Crippen LogP) is 0.885. The first-order valence-corrected chi connectivity index (χ1v) is 5.90. The highest BCUT2D eigenvalue weighted by atomic mass is 16.2. The zero-order valence-electron chi connectivity index (χ0n) is 10.4. The number of nitrogens with zero attached hydrogens (tertiary/aromatic N) is 1. The fraction of sp³-hybridized carbons (Fsp3) is 0.462. The van der Waals surface area contributed by atoms with Crippen molar-refractivity contribution in [3.05, 3.63) is 29.3 Å². The average molecular weight is 233 g/mol. The van der Waals surface area contributed by atoms with E-state index in [4.69, 9.17) is 5.73 Å². The molecule has 2 rings (SSSR count). The van der Waals surface area contributed by atoms with Crippen LogP contribution in [0.2, 0.25) is 0 Å². The van der Waals surface area contributed by atoms with Gasteiger partial charge < -0.3 is 11.1 Å². The standard InChI is InChI=1S/C13H19N3O/c1-9-4-3-5-10(2)13(9)15-12(17)8-16-6-11(14)7-16/h3-5,11H,6-8,14H2,1-2H3,(H,15,17). The van der Waals surface area contributed by atoms with Gasteiger partial charge in [0, 0.05) is 24.8 Å². The predicted molar refractivity (Wildman–Crippen MR) is 69.0 cm³/mol. The van der Waals surface area contributed by atoms with Crippen LogP contribution in [0, 0.1) is 13.8 Å². The molecular formula is C13H19N3O. The molecule has 0 saturated carbocycles. The van der Waals surface area contributed by atoms with Crippen LogP contribution < -0.4 is 11.1 Å². The number of anilines is 1. The quantitative estimate of drug-likeness (QED) is 0.815. The van der Waals surface area contributed by atoms with Gasteiger partial charge in [-0.15, -0.1) is 0 Å². The van der Waals surface area contributed by atoms with Gasteiger partial charge in [-0.05, 0) is 25.0 Å². The zero-order valence-corrected chi connectivity index (χ0v) is 10.4. The lowest BCUT2D eigenvalue weighted by molar-refractivity contribution is -0.118. The summed E-state index contributed by atoms with van der Waals surface area (Å²) in [5, 5.41) is 2.97. The van der Waals surface area contributed by atoms with Gasteiger partial charge in [0.25, 0.3) is 0 Å². The Bertz CT molecular complexity index is 404. The van der Waals surface area contributed by atoms with Crippen LogP contribution in [0.3, 0.4) is 0 Å². The largest absolute Gasteiger partial charge is 0.325 e. The van der Waals surface area contributed by atoms with E-state index in [0.29, 0.717) is 6.54 Å². The maximum atomic E-state index is 11.8. The van der Waals surface area contributed by atoms with E-state index in [1.54, 1.807) is 0 Å². The number of carbonyl (C=O) groups excluding carboxylic acids is 1. The van der Waals surface area contributed by atoms with E-state index in [1.165, 1.54) is 0 Å². The third kappa shape index (κ3) is 2.84. The maximum absolute atomic E-state index is 11.8. The maximum Gasteiger partial charge on any atom is 0.238 e. The number of nitrogens with one attached hydrogen (secondary N) is 1. The Morgan fingerprint density at radius 2 is 2.00 bits per heavy atom. The highest BCUT2D eigenvalue weighted by Crippen LogP contribution is 2.19. The van der Waals surface area contributed by atoms with E-state index in [-0.39, 0.29) is 11.9 Å². The molecule has 1 aromatic rings. The van der Waals surface area contributed by atoms with Crippen LogP contribution in [-0.4, -0.2) is 36.5 Å². The summed E-state index contributed by atoms with van der Waals surface area (Å²) in [5.41, 5.74) is 8.80. The second kappa shape index (κ2) is 4.85. The molecule has 0 spiro atoms. The first kappa shape index (κ1) is 12.1. The van der Waals surface area contributed by atoms with Gasteiger partial charge in [-0.1, -0.05) is 18.2 Å². The summed E-state index contributed by atoms with van der Waals surface area (Å²) in [4.78, 5) is 13.9. The highest BCUT2D eigenvalue weighted by Gasteiger charge is 2.24. The first-order valence-electron chi connectivity index (χ1n) is 5.90. The average Bonchev–Trinajstić information content (AvgIpc) is 2.21. The summed E-state index contributed by atoms with van der Waals surface area (Å²) >= 11 is 0. The van der Waals surface area contributed by atoms with Crippen LogP contribution in [0.15, 0.2) is 18.2 Å². The van der Waals surface area contributed by atoms with Crippen molar-refractivity contribution in [2.45, 2.75) is 19.9 Å². The molecule has 0 atom stereocenters. The van der Waals surface area contributed by atoms with Crippen molar-refractivity contribution >= 4 is 11.6 Å². The van der Waals surface area contributed by atoms with Crippen molar-refractivity contribution < 1.29 is 4.79 Å². The normalized spacial score (nSPS) is 16.6. The molecule has 0 aromatic heterocycles. The van der Waals surface area contributed by atoms with Crippen LogP contribution >= 0.6 is 0 Å². The number of carbonyl (C=O) groups is 1. The minimum absolute atomic E-state index is 0.0364. The summed E-state index contributed by atoms with van der Waals surface area (Å²) in [5.74, 6) is 0.0364. The number of benzene rings is 1. The second-order valence-corrected chi connectivity index (χ2v) is 4.77. The Labute approximate surface area is 102 Å². The topological polar surface area (TPSA) is 58.4 Å². The van der Waals surface area contributed by atoms with Gasteiger partial charge in [-0.2, -0.15) is 0 Å². The Kier molecular flexibility index (Phi) is 3.45. The number of aryl methyl sites for hydroxylation is 2. The van der Waals surface area contributed by atoms with E-state index in [0.717, 1.165) is 29.9 Å². The lowest BCUT2D eigenvalue weighted by atomic mass is 10.1. The molecular weight excluding hydrogens is 214 g/mol. The van der Waals surface area contributed by atoms with Crippen molar-refractivity contribution in [2.24, 2.45) is 5.73 Å². The molecule has 3 N–H and O–H groups in total. The summed E-state index contributed by atoms with van der Waals surface area (Å²) < 4.78 is 0. The molecule has 1 saturated heterocycles. The molecule has 92 valence electrons. The van der Waals surface area contributed by atoms with Gasteiger partial charge >= 0.3 is 0 Å². The Morgan fingerprint density at radius 1 is 1.41 bits per heavy atom. The Hall–Kier alpha value is -1.39. The molecule has 1 aliphatic heterocycles. The Morgan fingerprint density at radius 3 is 2.53 bits per heavy atom. The second-order valence-electron chi connectivity index (χ2n) is 4.77. The van der Waals surface area contributed by atoms with E-state index < -0.39 is 0 Å². The van der Waals surface area contributed by atoms with E-state index >= 15 is 0 Å². The lowest BCUT2D eigenvalue weighted by Gasteiger charge is -2.36. The number of rotatable bonds is 3. The smallest absolute Gasteiger partial charge is 0.238 e. The van der Waals surface area contributed by atoms with Gasteiger partial charge in [-0.3, -0.25) is 9.69 Å². The van der Waals surface area contributed by atoms with Crippen molar-refractivity contribution in [1.82, 2.24) is 4.90 Å². The Balaban J connectivity index is 1.94. The molecule has 0 aliphatic carbocycles. The molecule has 0 unspecified atom stereocenters. The third-order valence-corrected chi connectivity index (χ3v) is 3.10. The van der Waals surface area contributed by atoms with Crippen molar-refractivity contribution in [3.8, 4) is 0 Å². The molecule has 17 heavy (non-hydrogen) atoms. The summed E-state index contributed by atoms with van der Waals surface area (Å²) in [6, 6.07) is 6.24. The molecule has 1 aromatic carbocycles. The fourth-order valence-electron chi connectivity index (χ4n) is 2.13. The van der Waals surface area contributed by atoms with Crippen molar-refractivity contribution in [1.29, 1.82) is 0 Å². The van der Waals surface area contributed by atoms with Gasteiger partial charge in [0.2, 0.25) is 5.91 Å². The number of para-hydroxylation sites is 1. The third-order valence-electron chi connectivity index (χ3n) is 3.10. The van der Waals surface area contributed by atoms with Crippen molar-refractivity contribution in [3.63, 3.8) is 0 Å². The van der Waals surface area contributed by atoms with Crippen LogP contribution in [0.25, 0.3) is 0 Å². The highest BCUT2D eigenvalue weighted by molar-refractivity contribution is 5.93. The molecule has 4 nitrogen and oxygen atoms in total. The van der Waals surface area contributed by atoms with E-state index in [2.05, 4.69) is 5.32 Å². The number of hydrogen-bond donors (Lipinski definition) is 2. The fourth-order valence-corrected chi connectivity index (χ4v) is 2.13. The van der Waals surface area contributed by atoms with Gasteiger partial charge in [-0.25, -0.2) is 0 Å². The van der Waals surface area contributed by atoms with E-state index in [9.17, 15) is 4.79 Å². The molecule has 1 heterocycles. The monoisotopic (exact) mass is 233 g/mol. The molecule has 4 heteroatoms. The molecule has 0 radical (unpaired) electrons. The van der Waals surface area contributed by atoms with E-state index in [1.807, 2.05) is 36.9 Å². The molecule has 0 bridgehead atoms. The summed E-state index contributed by atoms with van der Waals surface area (Å²) in [6.07, 6.45) is 0. The van der Waals surface area contributed by atoms with Crippen LogP contribution in [0.1, 0.15) is 11.1 Å². The van der Waals surface area contributed by atoms with Crippen molar-refractivity contribution in [2.75, 3.05) is 25.0 Å². The minimum Gasteiger partial charge on any atom is -0.325 e. The SMILES string of the molecule is Cc1cccc(C)c1NC(=O)CN1CC(N)C1. The van der Waals surface area contributed by atoms with Crippen LogP contribution in [0.5, 0.6) is 0 Å². The van der Waals surface area contributed by atoms with Gasteiger partial charge in [0.1, 0.15) is 0 Å². The number of likely N-dealkylation sites (tertiary alicyclic amines) is 1. The summed E-state index contributed by atoms with van der Waals surface area (Å²) in [7, 11) is 0. The van der Waals surface area contributed by atoms with Gasteiger partial charge in [0.05, 0.1) is 6.54 Å². The zero-order chi connectivity index (χ0) is 12.4. The van der Waals surface area contributed by atoms with Crippen LogP contribution in [-0.2, 0) is 4.79 Å².